The molecule has 1 heterocycles. The zero-order valence-electron chi connectivity index (χ0n) is 13.2. The fourth-order valence-corrected chi connectivity index (χ4v) is 1.84. The maximum absolute atomic E-state index is 12.5. The summed E-state index contributed by atoms with van der Waals surface area (Å²) in [4.78, 5) is 23.0. The van der Waals surface area contributed by atoms with Gasteiger partial charge in [-0.3, -0.25) is 4.79 Å². The summed E-state index contributed by atoms with van der Waals surface area (Å²) in [6.45, 7) is 9.73. The molecule has 0 aliphatic heterocycles. The van der Waals surface area contributed by atoms with Crippen LogP contribution in [0.15, 0.2) is 6.20 Å². The molecule has 0 fully saturated rings. The highest BCUT2D eigenvalue weighted by atomic mass is 16.2. The van der Waals surface area contributed by atoms with Gasteiger partial charge in [-0.05, 0) is 12.8 Å². The number of nitrogens with one attached hydrogen (secondary N) is 1. The van der Waals surface area contributed by atoms with E-state index in [4.69, 9.17) is 0 Å². The molecule has 0 aromatic carbocycles. The van der Waals surface area contributed by atoms with Crippen LogP contribution in [0, 0.1) is 0 Å². The van der Waals surface area contributed by atoms with Crippen molar-refractivity contribution < 1.29 is 4.79 Å². The van der Waals surface area contributed by atoms with Gasteiger partial charge in [0.1, 0.15) is 5.82 Å². The van der Waals surface area contributed by atoms with E-state index < -0.39 is 0 Å². The van der Waals surface area contributed by atoms with Crippen molar-refractivity contribution in [2.75, 3.05) is 25.5 Å². The molecule has 1 rings (SSSR count). The first kappa shape index (κ1) is 16.4. The van der Waals surface area contributed by atoms with Gasteiger partial charge < -0.3 is 10.2 Å². The molecule has 0 spiro atoms. The van der Waals surface area contributed by atoms with Crippen LogP contribution in [0.25, 0.3) is 0 Å². The molecule has 0 bridgehead atoms. The quantitative estimate of drug-likeness (QED) is 0.833. The third kappa shape index (κ3) is 4.18. The largest absolute Gasteiger partial charge is 0.382 e. The van der Waals surface area contributed by atoms with Gasteiger partial charge in [0.2, 0.25) is 0 Å². The van der Waals surface area contributed by atoms with Gasteiger partial charge in [-0.1, -0.05) is 27.7 Å². The maximum atomic E-state index is 12.5. The molecule has 0 saturated carbocycles. The topological polar surface area (TPSA) is 58.1 Å². The number of aromatic nitrogens is 2. The lowest BCUT2D eigenvalue weighted by Crippen LogP contribution is -2.29. The number of amides is 1. The van der Waals surface area contributed by atoms with Gasteiger partial charge in [0.05, 0.1) is 11.9 Å². The molecule has 0 atom stereocenters. The zero-order valence-corrected chi connectivity index (χ0v) is 13.2. The summed E-state index contributed by atoms with van der Waals surface area (Å²) in [5, 5.41) is 3.23. The smallest absolute Gasteiger partial charge is 0.274 e. The minimum atomic E-state index is -0.0465. The normalized spacial score (nSPS) is 10.7. The lowest BCUT2D eigenvalue weighted by molar-refractivity contribution is 0.0790. The second kappa shape index (κ2) is 7.82. The van der Waals surface area contributed by atoms with Gasteiger partial charge in [-0.25, -0.2) is 9.97 Å². The van der Waals surface area contributed by atoms with E-state index in [1.807, 2.05) is 20.9 Å². The third-order valence-corrected chi connectivity index (χ3v) is 3.00. The van der Waals surface area contributed by atoms with Crippen LogP contribution in [0.5, 0.6) is 0 Å². The Morgan fingerprint density at radius 1 is 1.35 bits per heavy atom. The van der Waals surface area contributed by atoms with Gasteiger partial charge in [-0.15, -0.1) is 0 Å². The van der Waals surface area contributed by atoms with Crippen LogP contribution < -0.4 is 5.32 Å². The van der Waals surface area contributed by atoms with Crippen molar-refractivity contribution in [1.29, 1.82) is 0 Å². The summed E-state index contributed by atoms with van der Waals surface area (Å²) < 4.78 is 0. The highest BCUT2D eigenvalue weighted by Crippen LogP contribution is 2.18. The lowest BCUT2D eigenvalue weighted by Gasteiger charge is -2.18. The Hall–Kier alpha value is -1.65. The fraction of sp³-hybridized carbons (Fsp3) is 0.667. The highest BCUT2D eigenvalue weighted by Gasteiger charge is 2.19. The van der Waals surface area contributed by atoms with Gasteiger partial charge >= 0.3 is 0 Å². The molecule has 0 unspecified atom stereocenters. The van der Waals surface area contributed by atoms with Crippen molar-refractivity contribution in [2.24, 2.45) is 0 Å². The number of carbonyl (C=O) groups excluding carboxylic acids is 1. The molecule has 1 N–H and O–H groups in total. The Kier molecular flexibility index (Phi) is 6.42. The molecule has 1 aromatic rings. The molecular weight excluding hydrogens is 252 g/mol. The molecule has 20 heavy (non-hydrogen) atoms. The van der Waals surface area contributed by atoms with E-state index in [0.717, 1.165) is 31.6 Å². The Labute approximate surface area is 121 Å². The summed E-state index contributed by atoms with van der Waals surface area (Å²) in [5.74, 6) is 0.869. The molecule has 5 heteroatoms. The number of rotatable bonds is 7. The second-order valence-corrected chi connectivity index (χ2v) is 5.30. The van der Waals surface area contributed by atoms with Crippen LogP contribution in [0.2, 0.25) is 0 Å². The van der Waals surface area contributed by atoms with Crippen LogP contribution in [-0.2, 0) is 0 Å². The van der Waals surface area contributed by atoms with Crippen LogP contribution in [0.3, 0.4) is 0 Å². The van der Waals surface area contributed by atoms with Gasteiger partial charge in [0.25, 0.3) is 5.91 Å². The minimum Gasteiger partial charge on any atom is -0.382 e. The van der Waals surface area contributed by atoms with E-state index in [0.29, 0.717) is 11.5 Å². The Morgan fingerprint density at radius 2 is 2.05 bits per heavy atom. The highest BCUT2D eigenvalue weighted by molar-refractivity contribution is 5.97. The van der Waals surface area contributed by atoms with Crippen molar-refractivity contribution in [3.05, 3.63) is 17.7 Å². The number of hydrogen-bond donors (Lipinski definition) is 1. The molecule has 0 radical (unpaired) electrons. The number of anilines is 1. The molecule has 5 nitrogen and oxygen atoms in total. The lowest BCUT2D eigenvalue weighted by atomic mass is 10.2. The second-order valence-electron chi connectivity index (χ2n) is 5.30. The van der Waals surface area contributed by atoms with Crippen molar-refractivity contribution in [1.82, 2.24) is 14.9 Å². The molecule has 0 aliphatic rings. The first-order valence-electron chi connectivity index (χ1n) is 7.37. The molecular formula is C15H26N4O. The summed E-state index contributed by atoms with van der Waals surface area (Å²) in [7, 11) is 1.81. The van der Waals surface area contributed by atoms with E-state index in [-0.39, 0.29) is 11.8 Å². The van der Waals surface area contributed by atoms with Crippen molar-refractivity contribution in [3.63, 3.8) is 0 Å². The van der Waals surface area contributed by atoms with E-state index in [9.17, 15) is 4.79 Å². The van der Waals surface area contributed by atoms with Crippen molar-refractivity contribution >= 4 is 11.6 Å². The SMILES string of the molecule is CCCNc1cnc(C(C)C)nc1C(=O)N(C)CCC. The van der Waals surface area contributed by atoms with E-state index in [2.05, 4.69) is 29.1 Å². The fourth-order valence-electron chi connectivity index (χ4n) is 1.84. The molecule has 0 aliphatic carbocycles. The molecule has 1 amide bonds. The van der Waals surface area contributed by atoms with Gasteiger partial charge in [0, 0.05) is 26.1 Å². The molecule has 1 aromatic heterocycles. The summed E-state index contributed by atoms with van der Waals surface area (Å²) >= 11 is 0. The maximum Gasteiger partial charge on any atom is 0.274 e. The summed E-state index contributed by atoms with van der Waals surface area (Å²) in [5.41, 5.74) is 1.21. The summed E-state index contributed by atoms with van der Waals surface area (Å²) in [6.07, 6.45) is 3.65. The predicted molar refractivity (Wildman–Crippen MR) is 82.2 cm³/mol. The number of carbonyl (C=O) groups is 1. The monoisotopic (exact) mass is 278 g/mol. The number of hydrogen-bond acceptors (Lipinski definition) is 4. The van der Waals surface area contributed by atoms with Crippen molar-refractivity contribution in [2.45, 2.75) is 46.5 Å². The van der Waals surface area contributed by atoms with E-state index in [1.54, 1.807) is 11.1 Å². The van der Waals surface area contributed by atoms with Crippen molar-refractivity contribution in [3.8, 4) is 0 Å². The van der Waals surface area contributed by atoms with Crippen LogP contribution in [-0.4, -0.2) is 40.9 Å². The van der Waals surface area contributed by atoms with E-state index in [1.165, 1.54) is 0 Å². The molecule has 112 valence electrons. The van der Waals surface area contributed by atoms with E-state index >= 15 is 0 Å². The van der Waals surface area contributed by atoms with Crippen LogP contribution in [0.4, 0.5) is 5.69 Å². The molecule has 0 saturated heterocycles. The third-order valence-electron chi connectivity index (χ3n) is 3.00. The number of nitrogens with zero attached hydrogens (tertiary/aromatic N) is 3. The minimum absolute atomic E-state index is 0.0465. The Bertz CT molecular complexity index is 445. The van der Waals surface area contributed by atoms with Gasteiger partial charge in [-0.2, -0.15) is 0 Å². The zero-order chi connectivity index (χ0) is 15.1. The average Bonchev–Trinajstić information content (AvgIpc) is 2.44. The Morgan fingerprint density at radius 3 is 2.60 bits per heavy atom. The van der Waals surface area contributed by atoms with Crippen LogP contribution >= 0.6 is 0 Å². The standard InChI is InChI=1S/C15H26N4O/c1-6-8-16-12-10-17-14(11(3)4)18-13(12)15(20)19(5)9-7-2/h10-11,16H,6-9H2,1-5H3. The first-order valence-corrected chi connectivity index (χ1v) is 7.37. The average molecular weight is 278 g/mol. The van der Waals surface area contributed by atoms with Crippen LogP contribution in [0.1, 0.15) is 62.8 Å². The summed E-state index contributed by atoms with van der Waals surface area (Å²) in [6, 6.07) is 0. The predicted octanol–water partition coefficient (Wildman–Crippen LogP) is 2.90. The van der Waals surface area contributed by atoms with Gasteiger partial charge in [0.15, 0.2) is 5.69 Å². The Balaban J connectivity index is 3.09. The first-order chi connectivity index (χ1) is 9.51.